The quantitative estimate of drug-likeness (QED) is 0.816. The molecule has 1 aliphatic rings. The number of carbonyl (C=O) groups excluding carboxylic acids is 1. The van der Waals surface area contributed by atoms with Crippen molar-refractivity contribution < 1.29 is 9.53 Å². The molecule has 4 nitrogen and oxygen atoms in total. The number of hydrogen-bond donors (Lipinski definition) is 2. The summed E-state index contributed by atoms with van der Waals surface area (Å²) in [6, 6.07) is 9.80. The Kier molecular flexibility index (Phi) is 3.41. The highest BCUT2D eigenvalue weighted by Crippen LogP contribution is 2.21. The molecule has 1 fully saturated rings. The van der Waals surface area contributed by atoms with E-state index in [1.807, 2.05) is 37.3 Å². The van der Waals surface area contributed by atoms with Crippen LogP contribution in [-0.2, 0) is 4.74 Å². The van der Waals surface area contributed by atoms with Crippen molar-refractivity contribution in [1.29, 1.82) is 0 Å². The molecule has 0 radical (unpaired) electrons. The lowest BCUT2D eigenvalue weighted by Crippen LogP contribution is -2.51. The van der Waals surface area contributed by atoms with Crippen LogP contribution in [0.1, 0.15) is 24.9 Å². The SMILES string of the molecule is CCOC1CC(c2ccccc2)NC(=O)N1. The molecule has 86 valence electrons. The largest absolute Gasteiger partial charge is 0.359 e. The molecule has 1 aromatic carbocycles. The first kappa shape index (κ1) is 11.0. The van der Waals surface area contributed by atoms with E-state index in [9.17, 15) is 4.79 Å². The van der Waals surface area contributed by atoms with Crippen molar-refractivity contribution in [2.45, 2.75) is 25.6 Å². The standard InChI is InChI=1S/C12H16N2O2/c1-2-16-11-8-10(13-12(15)14-11)9-6-4-3-5-7-9/h3-7,10-11H,2,8H2,1H3,(H2,13,14,15). The lowest BCUT2D eigenvalue weighted by atomic mass is 10.0. The number of amides is 2. The van der Waals surface area contributed by atoms with Gasteiger partial charge in [0.05, 0.1) is 6.04 Å². The molecule has 0 spiro atoms. The van der Waals surface area contributed by atoms with Gasteiger partial charge < -0.3 is 15.4 Å². The average Bonchev–Trinajstić information content (AvgIpc) is 2.30. The van der Waals surface area contributed by atoms with Crippen LogP contribution >= 0.6 is 0 Å². The number of ether oxygens (including phenoxy) is 1. The molecule has 1 aromatic rings. The van der Waals surface area contributed by atoms with Gasteiger partial charge in [-0.3, -0.25) is 0 Å². The topological polar surface area (TPSA) is 50.4 Å². The van der Waals surface area contributed by atoms with Crippen molar-refractivity contribution >= 4 is 6.03 Å². The number of nitrogens with one attached hydrogen (secondary N) is 2. The lowest BCUT2D eigenvalue weighted by molar-refractivity contribution is 0.0233. The maximum atomic E-state index is 11.4. The summed E-state index contributed by atoms with van der Waals surface area (Å²) in [5, 5.41) is 5.64. The zero-order valence-corrected chi connectivity index (χ0v) is 9.27. The van der Waals surface area contributed by atoms with Crippen LogP contribution in [0.3, 0.4) is 0 Å². The van der Waals surface area contributed by atoms with Crippen LogP contribution in [0.5, 0.6) is 0 Å². The summed E-state index contributed by atoms with van der Waals surface area (Å²) in [6.45, 7) is 2.53. The fraction of sp³-hybridized carbons (Fsp3) is 0.417. The second kappa shape index (κ2) is 4.99. The van der Waals surface area contributed by atoms with Gasteiger partial charge in [-0.25, -0.2) is 4.79 Å². The predicted octanol–water partition coefficient (Wildman–Crippen LogP) is 1.79. The monoisotopic (exact) mass is 220 g/mol. The van der Waals surface area contributed by atoms with Gasteiger partial charge in [0.15, 0.2) is 0 Å². The van der Waals surface area contributed by atoms with E-state index in [0.717, 1.165) is 12.0 Å². The molecule has 0 saturated carbocycles. The third-order valence-corrected chi connectivity index (χ3v) is 2.62. The Morgan fingerprint density at radius 2 is 2.06 bits per heavy atom. The summed E-state index contributed by atoms with van der Waals surface area (Å²) < 4.78 is 5.43. The summed E-state index contributed by atoms with van der Waals surface area (Å²) in [5.74, 6) is 0. The Morgan fingerprint density at radius 1 is 1.31 bits per heavy atom. The van der Waals surface area contributed by atoms with E-state index in [1.165, 1.54) is 0 Å². The minimum absolute atomic E-state index is 0.0338. The zero-order chi connectivity index (χ0) is 11.4. The number of carbonyl (C=O) groups is 1. The Hall–Kier alpha value is -1.55. The van der Waals surface area contributed by atoms with Gasteiger partial charge in [-0.05, 0) is 12.5 Å². The highest BCUT2D eigenvalue weighted by Gasteiger charge is 2.26. The molecule has 16 heavy (non-hydrogen) atoms. The van der Waals surface area contributed by atoms with Crippen LogP contribution in [0.4, 0.5) is 4.79 Å². The minimum atomic E-state index is -0.191. The van der Waals surface area contributed by atoms with E-state index in [4.69, 9.17) is 4.74 Å². The van der Waals surface area contributed by atoms with Crippen LogP contribution in [0.25, 0.3) is 0 Å². The van der Waals surface area contributed by atoms with Gasteiger partial charge in [0.25, 0.3) is 0 Å². The van der Waals surface area contributed by atoms with E-state index in [2.05, 4.69) is 10.6 Å². The Balaban J connectivity index is 2.07. The Bertz CT molecular complexity index is 353. The zero-order valence-electron chi connectivity index (χ0n) is 9.27. The average molecular weight is 220 g/mol. The van der Waals surface area contributed by atoms with Gasteiger partial charge in [0.2, 0.25) is 0 Å². The van der Waals surface area contributed by atoms with Crippen molar-refractivity contribution in [2.24, 2.45) is 0 Å². The summed E-state index contributed by atoms with van der Waals surface area (Å²) in [5.41, 5.74) is 1.11. The van der Waals surface area contributed by atoms with Gasteiger partial charge in [0, 0.05) is 13.0 Å². The molecular weight excluding hydrogens is 204 g/mol. The molecule has 0 bridgehead atoms. The molecule has 2 unspecified atom stereocenters. The first-order valence-electron chi connectivity index (χ1n) is 5.53. The molecular formula is C12H16N2O2. The number of benzene rings is 1. The van der Waals surface area contributed by atoms with Crippen LogP contribution in [0, 0.1) is 0 Å². The molecule has 2 amide bonds. The van der Waals surface area contributed by atoms with Crippen molar-refractivity contribution in [1.82, 2.24) is 10.6 Å². The predicted molar refractivity (Wildman–Crippen MR) is 60.9 cm³/mol. The summed E-state index contributed by atoms with van der Waals surface area (Å²) >= 11 is 0. The van der Waals surface area contributed by atoms with E-state index in [-0.39, 0.29) is 18.3 Å². The van der Waals surface area contributed by atoms with Crippen LogP contribution < -0.4 is 10.6 Å². The molecule has 2 atom stereocenters. The molecule has 0 aromatic heterocycles. The summed E-state index contributed by atoms with van der Waals surface area (Å²) in [4.78, 5) is 11.4. The van der Waals surface area contributed by atoms with Gasteiger partial charge in [-0.2, -0.15) is 0 Å². The molecule has 1 saturated heterocycles. The molecule has 4 heteroatoms. The molecule has 2 rings (SSSR count). The van der Waals surface area contributed by atoms with E-state index in [1.54, 1.807) is 0 Å². The number of hydrogen-bond acceptors (Lipinski definition) is 2. The Labute approximate surface area is 95.0 Å². The summed E-state index contributed by atoms with van der Waals surface area (Å²) in [6.07, 6.45) is 0.563. The first-order valence-corrected chi connectivity index (χ1v) is 5.53. The normalized spacial score (nSPS) is 24.7. The fourth-order valence-corrected chi connectivity index (χ4v) is 1.89. The van der Waals surface area contributed by atoms with Gasteiger partial charge in [-0.15, -0.1) is 0 Å². The van der Waals surface area contributed by atoms with Gasteiger partial charge in [0.1, 0.15) is 6.23 Å². The fourth-order valence-electron chi connectivity index (χ4n) is 1.89. The minimum Gasteiger partial charge on any atom is -0.359 e. The first-order chi connectivity index (χ1) is 7.79. The third kappa shape index (κ3) is 2.52. The maximum Gasteiger partial charge on any atom is 0.317 e. The van der Waals surface area contributed by atoms with Crippen molar-refractivity contribution in [2.75, 3.05) is 6.61 Å². The van der Waals surface area contributed by atoms with Crippen LogP contribution in [-0.4, -0.2) is 18.9 Å². The van der Waals surface area contributed by atoms with E-state index < -0.39 is 0 Å². The smallest absolute Gasteiger partial charge is 0.317 e. The highest BCUT2D eigenvalue weighted by molar-refractivity contribution is 5.75. The van der Waals surface area contributed by atoms with Crippen molar-refractivity contribution in [3.05, 3.63) is 35.9 Å². The number of rotatable bonds is 3. The maximum absolute atomic E-state index is 11.4. The van der Waals surface area contributed by atoms with E-state index >= 15 is 0 Å². The van der Waals surface area contributed by atoms with Crippen molar-refractivity contribution in [3.8, 4) is 0 Å². The second-order valence-electron chi connectivity index (χ2n) is 3.76. The third-order valence-electron chi connectivity index (χ3n) is 2.62. The van der Waals surface area contributed by atoms with Crippen molar-refractivity contribution in [3.63, 3.8) is 0 Å². The lowest BCUT2D eigenvalue weighted by Gasteiger charge is -2.31. The van der Waals surface area contributed by atoms with Crippen LogP contribution in [0.2, 0.25) is 0 Å². The van der Waals surface area contributed by atoms with Crippen LogP contribution in [0.15, 0.2) is 30.3 Å². The highest BCUT2D eigenvalue weighted by atomic mass is 16.5. The van der Waals surface area contributed by atoms with E-state index in [0.29, 0.717) is 6.61 Å². The van der Waals surface area contributed by atoms with Gasteiger partial charge in [-0.1, -0.05) is 30.3 Å². The second-order valence-corrected chi connectivity index (χ2v) is 3.76. The molecule has 1 heterocycles. The molecule has 1 aliphatic heterocycles. The molecule has 0 aliphatic carbocycles. The Morgan fingerprint density at radius 3 is 2.75 bits per heavy atom. The molecule has 2 N–H and O–H groups in total. The van der Waals surface area contributed by atoms with Gasteiger partial charge >= 0.3 is 6.03 Å². The number of urea groups is 1. The summed E-state index contributed by atoms with van der Waals surface area (Å²) in [7, 11) is 0.